The van der Waals surface area contributed by atoms with E-state index in [0.717, 1.165) is 5.75 Å². The maximum atomic E-state index is 5.88. The lowest BCUT2D eigenvalue weighted by Gasteiger charge is -2.16. The van der Waals surface area contributed by atoms with Gasteiger partial charge in [0.2, 0.25) is 5.88 Å². The largest absolute Gasteiger partial charge is 0.486 e. The molecule has 0 fully saturated rings. The van der Waals surface area contributed by atoms with Gasteiger partial charge in [-0.25, -0.2) is 4.98 Å². The molecular weight excluding hydrogens is 302 g/mol. The zero-order valence-electron chi connectivity index (χ0n) is 13.5. The number of nitrogens with zero attached hydrogens (tertiary/aromatic N) is 1. The van der Waals surface area contributed by atoms with E-state index in [0.29, 0.717) is 24.0 Å². The van der Waals surface area contributed by atoms with E-state index < -0.39 is 0 Å². The molecule has 1 unspecified atom stereocenters. The quantitative estimate of drug-likeness (QED) is 0.631. The smallest absolute Gasteiger partial charge is 0.213 e. The molecule has 2 aromatic carbocycles. The van der Waals surface area contributed by atoms with Crippen molar-refractivity contribution in [2.24, 2.45) is 0 Å². The van der Waals surface area contributed by atoms with Gasteiger partial charge in [-0.2, -0.15) is 0 Å². The molecule has 3 rings (SSSR count). The molecule has 0 bridgehead atoms. The Bertz CT molecular complexity index is 747. The van der Waals surface area contributed by atoms with Gasteiger partial charge < -0.3 is 14.2 Å². The van der Waals surface area contributed by atoms with E-state index in [4.69, 9.17) is 14.2 Å². The first-order chi connectivity index (χ1) is 11.8. The molecule has 1 heterocycles. The lowest BCUT2D eigenvalue weighted by atomic mass is 10.3. The summed E-state index contributed by atoms with van der Waals surface area (Å²) in [5.41, 5.74) is 0. The van der Waals surface area contributed by atoms with E-state index in [-0.39, 0.29) is 6.10 Å². The molecule has 122 valence electrons. The fraction of sp³-hybridized carbons (Fsp3) is 0.150. The minimum Gasteiger partial charge on any atom is -0.486 e. The van der Waals surface area contributed by atoms with Crippen molar-refractivity contribution >= 4 is 0 Å². The fourth-order valence-electron chi connectivity index (χ4n) is 2.13. The molecule has 0 saturated heterocycles. The zero-order valence-corrected chi connectivity index (χ0v) is 13.5. The van der Waals surface area contributed by atoms with Crippen LogP contribution in [0.5, 0.6) is 23.1 Å². The third-order valence-electron chi connectivity index (χ3n) is 3.25. The van der Waals surface area contributed by atoms with Crippen LogP contribution in [0, 0.1) is 0 Å². The van der Waals surface area contributed by atoms with Crippen molar-refractivity contribution in [3.63, 3.8) is 0 Å². The summed E-state index contributed by atoms with van der Waals surface area (Å²) in [5, 5.41) is 0. The number of para-hydroxylation sites is 3. The van der Waals surface area contributed by atoms with Gasteiger partial charge in [-0.05, 0) is 37.3 Å². The number of benzene rings is 2. The van der Waals surface area contributed by atoms with Crippen molar-refractivity contribution in [3.05, 3.63) is 79.0 Å². The Labute approximate surface area is 141 Å². The summed E-state index contributed by atoms with van der Waals surface area (Å²) in [6.07, 6.45) is 1.57. The van der Waals surface area contributed by atoms with Crippen LogP contribution in [0.4, 0.5) is 0 Å². The molecule has 0 N–H and O–H groups in total. The number of rotatable bonds is 7. The molecule has 0 amide bonds. The standard InChI is InChI=1S/C20H19NO3/c1-16(23-20-13-7-8-14-21-20)15-22-18-11-5-6-12-19(18)24-17-9-3-2-4-10-17/h2-14,16H,15H2,1H3. The minimum absolute atomic E-state index is 0.135. The second kappa shape index (κ2) is 8.02. The average molecular weight is 321 g/mol. The van der Waals surface area contributed by atoms with Gasteiger partial charge in [0.1, 0.15) is 18.5 Å². The summed E-state index contributed by atoms with van der Waals surface area (Å²) in [4.78, 5) is 4.14. The van der Waals surface area contributed by atoms with Gasteiger partial charge in [0.15, 0.2) is 11.5 Å². The Morgan fingerprint density at radius 2 is 1.54 bits per heavy atom. The van der Waals surface area contributed by atoms with Crippen LogP contribution in [0.15, 0.2) is 79.0 Å². The monoisotopic (exact) mass is 321 g/mol. The maximum Gasteiger partial charge on any atom is 0.213 e. The van der Waals surface area contributed by atoms with Crippen molar-refractivity contribution in [1.29, 1.82) is 0 Å². The van der Waals surface area contributed by atoms with Gasteiger partial charge in [0.05, 0.1) is 0 Å². The van der Waals surface area contributed by atoms with Crippen LogP contribution in [0.25, 0.3) is 0 Å². The van der Waals surface area contributed by atoms with E-state index in [1.54, 1.807) is 6.20 Å². The first-order valence-corrected chi connectivity index (χ1v) is 7.83. The number of aromatic nitrogens is 1. The molecule has 1 aromatic heterocycles. The highest BCUT2D eigenvalue weighted by molar-refractivity contribution is 5.42. The summed E-state index contributed by atoms with van der Waals surface area (Å²) in [5.74, 6) is 2.71. The van der Waals surface area contributed by atoms with Crippen LogP contribution in [-0.2, 0) is 0 Å². The maximum absolute atomic E-state index is 5.88. The molecule has 0 spiro atoms. The SMILES string of the molecule is CC(COc1ccccc1Oc1ccccc1)Oc1ccccn1. The van der Waals surface area contributed by atoms with E-state index in [1.165, 1.54) is 0 Å². The van der Waals surface area contributed by atoms with E-state index in [9.17, 15) is 0 Å². The van der Waals surface area contributed by atoms with Gasteiger partial charge in [0.25, 0.3) is 0 Å². The summed E-state index contributed by atoms with van der Waals surface area (Å²) in [7, 11) is 0. The van der Waals surface area contributed by atoms with Crippen molar-refractivity contribution < 1.29 is 14.2 Å². The molecule has 4 heteroatoms. The molecule has 0 saturated carbocycles. The Hall–Kier alpha value is -3.01. The van der Waals surface area contributed by atoms with Crippen molar-refractivity contribution in [1.82, 2.24) is 4.98 Å². The first-order valence-electron chi connectivity index (χ1n) is 7.83. The van der Waals surface area contributed by atoms with Crippen LogP contribution in [0.3, 0.4) is 0 Å². The van der Waals surface area contributed by atoms with Gasteiger partial charge in [-0.3, -0.25) is 0 Å². The Balaban J connectivity index is 1.61. The highest BCUT2D eigenvalue weighted by Crippen LogP contribution is 2.31. The van der Waals surface area contributed by atoms with Crippen LogP contribution in [0.2, 0.25) is 0 Å². The van der Waals surface area contributed by atoms with Gasteiger partial charge in [0, 0.05) is 12.3 Å². The topological polar surface area (TPSA) is 40.6 Å². The molecule has 1 atom stereocenters. The minimum atomic E-state index is -0.135. The number of pyridine rings is 1. The van der Waals surface area contributed by atoms with Crippen LogP contribution in [0.1, 0.15) is 6.92 Å². The zero-order chi connectivity index (χ0) is 16.6. The second-order valence-corrected chi connectivity index (χ2v) is 5.27. The molecule has 4 nitrogen and oxygen atoms in total. The highest BCUT2D eigenvalue weighted by Gasteiger charge is 2.10. The number of hydrogen-bond donors (Lipinski definition) is 0. The highest BCUT2D eigenvalue weighted by atomic mass is 16.5. The van der Waals surface area contributed by atoms with E-state index >= 15 is 0 Å². The number of ether oxygens (including phenoxy) is 3. The summed E-state index contributed by atoms with van der Waals surface area (Å²) in [6, 6.07) is 22.8. The van der Waals surface area contributed by atoms with E-state index in [1.807, 2.05) is 79.7 Å². The van der Waals surface area contributed by atoms with Crippen molar-refractivity contribution in [2.75, 3.05) is 6.61 Å². The van der Waals surface area contributed by atoms with Crippen molar-refractivity contribution in [2.45, 2.75) is 13.0 Å². The molecular formula is C20H19NO3. The lowest BCUT2D eigenvalue weighted by molar-refractivity contribution is 0.136. The molecule has 3 aromatic rings. The van der Waals surface area contributed by atoms with Gasteiger partial charge in [-0.15, -0.1) is 0 Å². The van der Waals surface area contributed by atoms with Crippen molar-refractivity contribution in [3.8, 4) is 23.1 Å². The Morgan fingerprint density at radius 1 is 0.833 bits per heavy atom. The molecule has 0 radical (unpaired) electrons. The number of hydrogen-bond acceptors (Lipinski definition) is 4. The van der Waals surface area contributed by atoms with Crippen LogP contribution in [-0.4, -0.2) is 17.7 Å². The third kappa shape index (κ3) is 4.49. The molecule has 0 aliphatic carbocycles. The molecule has 0 aliphatic rings. The lowest BCUT2D eigenvalue weighted by Crippen LogP contribution is -2.21. The summed E-state index contributed by atoms with van der Waals surface area (Å²) >= 11 is 0. The Morgan fingerprint density at radius 3 is 2.29 bits per heavy atom. The predicted molar refractivity (Wildman–Crippen MR) is 92.8 cm³/mol. The Kier molecular flexibility index (Phi) is 5.30. The average Bonchev–Trinajstić information content (AvgIpc) is 2.63. The van der Waals surface area contributed by atoms with Gasteiger partial charge >= 0.3 is 0 Å². The molecule has 0 aliphatic heterocycles. The predicted octanol–water partition coefficient (Wildman–Crippen LogP) is 4.72. The third-order valence-corrected chi connectivity index (χ3v) is 3.25. The van der Waals surface area contributed by atoms with Gasteiger partial charge in [-0.1, -0.05) is 36.4 Å². The first kappa shape index (κ1) is 15.9. The molecule has 24 heavy (non-hydrogen) atoms. The summed E-state index contributed by atoms with van der Waals surface area (Å²) in [6.45, 7) is 2.33. The normalized spacial score (nSPS) is 11.5. The summed E-state index contributed by atoms with van der Waals surface area (Å²) < 4.78 is 17.5. The fourth-order valence-corrected chi connectivity index (χ4v) is 2.13. The van der Waals surface area contributed by atoms with E-state index in [2.05, 4.69) is 4.98 Å². The van der Waals surface area contributed by atoms with Crippen LogP contribution < -0.4 is 14.2 Å². The second-order valence-electron chi connectivity index (χ2n) is 5.27. The van der Waals surface area contributed by atoms with Crippen LogP contribution >= 0.6 is 0 Å².